The summed E-state index contributed by atoms with van der Waals surface area (Å²) in [6.07, 6.45) is 3.03. The predicted molar refractivity (Wildman–Crippen MR) is 91.4 cm³/mol. The molecule has 0 aliphatic carbocycles. The minimum Gasteiger partial charge on any atom is -0.347 e. The topological polar surface area (TPSA) is 66.9 Å². The summed E-state index contributed by atoms with van der Waals surface area (Å²) < 4.78 is 1.05. The van der Waals surface area contributed by atoms with Gasteiger partial charge in [-0.2, -0.15) is 0 Å². The zero-order valence-corrected chi connectivity index (χ0v) is 14.7. The van der Waals surface area contributed by atoms with Gasteiger partial charge in [-0.15, -0.1) is 0 Å². The first-order chi connectivity index (χ1) is 10.2. The highest BCUT2D eigenvalue weighted by atomic mass is 79.9. The van der Waals surface area contributed by atoms with E-state index in [1.54, 1.807) is 0 Å². The van der Waals surface area contributed by atoms with Gasteiger partial charge in [0.1, 0.15) is 0 Å². The smallest absolute Gasteiger partial charge is 0.254 e. The van der Waals surface area contributed by atoms with Crippen molar-refractivity contribution in [2.75, 3.05) is 5.32 Å². The third kappa shape index (κ3) is 4.53. The second-order valence-corrected chi connectivity index (χ2v) is 6.94. The van der Waals surface area contributed by atoms with Gasteiger partial charge in [-0.05, 0) is 51.5 Å². The van der Waals surface area contributed by atoms with Crippen molar-refractivity contribution in [3.63, 3.8) is 0 Å². The lowest BCUT2D eigenvalue weighted by molar-refractivity contribution is 0.0919. The van der Waals surface area contributed by atoms with Crippen LogP contribution in [0.2, 0.25) is 0 Å². The van der Waals surface area contributed by atoms with E-state index in [1.165, 1.54) is 12.4 Å². The fourth-order valence-electron chi connectivity index (χ4n) is 1.77. The van der Waals surface area contributed by atoms with E-state index in [-0.39, 0.29) is 11.4 Å². The average molecular weight is 363 g/mol. The highest BCUT2D eigenvalue weighted by Crippen LogP contribution is 2.21. The Bertz CT molecular complexity index is 678. The zero-order valence-electron chi connectivity index (χ0n) is 13.1. The Balaban J connectivity index is 2.08. The summed E-state index contributed by atoms with van der Waals surface area (Å²) in [4.78, 5) is 20.4. The van der Waals surface area contributed by atoms with Crippen molar-refractivity contribution in [1.82, 2.24) is 15.3 Å². The summed E-state index contributed by atoms with van der Waals surface area (Å²) in [5, 5.41) is 5.99. The Labute approximate surface area is 138 Å². The Morgan fingerprint density at radius 3 is 2.36 bits per heavy atom. The third-order valence-corrected chi connectivity index (χ3v) is 3.71. The normalized spacial score (nSPS) is 11.1. The average Bonchev–Trinajstić information content (AvgIpc) is 2.42. The zero-order chi connectivity index (χ0) is 16.3. The first-order valence-electron chi connectivity index (χ1n) is 6.92. The summed E-state index contributed by atoms with van der Waals surface area (Å²) in [5.41, 5.74) is 2.16. The highest BCUT2D eigenvalue weighted by Gasteiger charge is 2.15. The van der Waals surface area contributed by atoms with E-state index in [2.05, 4.69) is 36.5 Å². The van der Waals surface area contributed by atoms with E-state index in [0.717, 1.165) is 15.7 Å². The largest absolute Gasteiger partial charge is 0.347 e. The van der Waals surface area contributed by atoms with Crippen molar-refractivity contribution in [3.05, 3.63) is 46.2 Å². The molecular weight excluding hydrogens is 344 g/mol. The Kier molecular flexibility index (Phi) is 4.81. The maximum Gasteiger partial charge on any atom is 0.254 e. The molecule has 0 unspecified atom stereocenters. The summed E-state index contributed by atoms with van der Waals surface area (Å²) in [6.45, 7) is 7.79. The van der Waals surface area contributed by atoms with Gasteiger partial charge >= 0.3 is 0 Å². The van der Waals surface area contributed by atoms with Gasteiger partial charge in [0.05, 0.1) is 5.56 Å². The standard InChI is InChI=1S/C16H19BrN4O/c1-10-7-12(5-6-13(10)17)20-15-18-8-11(9-19-15)14(22)21-16(2,3)4/h5-9H,1-4H3,(H,21,22)(H,18,19,20). The number of nitrogens with one attached hydrogen (secondary N) is 2. The number of hydrogen-bond donors (Lipinski definition) is 2. The summed E-state index contributed by atoms with van der Waals surface area (Å²) in [7, 11) is 0. The van der Waals surface area contributed by atoms with Crippen molar-refractivity contribution in [3.8, 4) is 0 Å². The molecule has 116 valence electrons. The summed E-state index contributed by atoms with van der Waals surface area (Å²) in [6, 6.07) is 5.89. The third-order valence-electron chi connectivity index (χ3n) is 2.82. The van der Waals surface area contributed by atoms with E-state index < -0.39 is 0 Å². The van der Waals surface area contributed by atoms with Crippen LogP contribution in [0.4, 0.5) is 11.6 Å². The molecule has 1 heterocycles. The van der Waals surface area contributed by atoms with Crippen LogP contribution in [0.3, 0.4) is 0 Å². The molecule has 0 radical (unpaired) electrons. The number of aromatic nitrogens is 2. The van der Waals surface area contributed by atoms with Gasteiger partial charge in [-0.3, -0.25) is 4.79 Å². The predicted octanol–water partition coefficient (Wildman–Crippen LogP) is 3.82. The van der Waals surface area contributed by atoms with Crippen molar-refractivity contribution in [2.24, 2.45) is 0 Å². The first-order valence-corrected chi connectivity index (χ1v) is 7.72. The summed E-state index contributed by atoms with van der Waals surface area (Å²) >= 11 is 3.46. The number of anilines is 2. The molecule has 1 amide bonds. The first kappa shape index (κ1) is 16.4. The molecule has 0 saturated carbocycles. The molecule has 0 aliphatic heterocycles. The van der Waals surface area contributed by atoms with Crippen LogP contribution < -0.4 is 10.6 Å². The molecule has 0 saturated heterocycles. The van der Waals surface area contributed by atoms with Crippen LogP contribution in [0.5, 0.6) is 0 Å². The number of carbonyl (C=O) groups excluding carboxylic acids is 1. The van der Waals surface area contributed by atoms with Crippen LogP contribution in [-0.4, -0.2) is 21.4 Å². The van der Waals surface area contributed by atoms with Crippen LogP contribution in [0.25, 0.3) is 0 Å². The van der Waals surface area contributed by atoms with Gasteiger partial charge < -0.3 is 10.6 Å². The minimum absolute atomic E-state index is 0.182. The fourth-order valence-corrected chi connectivity index (χ4v) is 2.02. The number of benzene rings is 1. The summed E-state index contributed by atoms with van der Waals surface area (Å²) in [5.74, 6) is 0.271. The number of hydrogen-bond acceptors (Lipinski definition) is 4. The van der Waals surface area contributed by atoms with Crippen molar-refractivity contribution in [1.29, 1.82) is 0 Å². The molecule has 1 aromatic heterocycles. The number of halogens is 1. The van der Waals surface area contributed by atoms with Crippen molar-refractivity contribution < 1.29 is 4.79 Å². The molecule has 0 fully saturated rings. The molecule has 0 aliphatic rings. The van der Waals surface area contributed by atoms with Crippen molar-refractivity contribution in [2.45, 2.75) is 33.2 Å². The lowest BCUT2D eigenvalue weighted by atomic mass is 10.1. The van der Waals surface area contributed by atoms with Gasteiger partial charge in [0.2, 0.25) is 5.95 Å². The van der Waals surface area contributed by atoms with Crippen LogP contribution in [0.1, 0.15) is 36.7 Å². The van der Waals surface area contributed by atoms with Crippen LogP contribution >= 0.6 is 15.9 Å². The Morgan fingerprint density at radius 2 is 1.82 bits per heavy atom. The van der Waals surface area contributed by atoms with E-state index in [1.807, 2.05) is 45.9 Å². The quantitative estimate of drug-likeness (QED) is 0.870. The van der Waals surface area contributed by atoms with E-state index in [9.17, 15) is 4.79 Å². The lowest BCUT2D eigenvalue weighted by Gasteiger charge is -2.20. The molecule has 0 bridgehead atoms. The number of aryl methyl sites for hydroxylation is 1. The number of rotatable bonds is 3. The number of carbonyl (C=O) groups is 1. The van der Waals surface area contributed by atoms with Crippen LogP contribution in [0.15, 0.2) is 35.1 Å². The van der Waals surface area contributed by atoms with E-state index in [0.29, 0.717) is 11.5 Å². The molecule has 6 heteroatoms. The second kappa shape index (κ2) is 6.44. The minimum atomic E-state index is -0.289. The van der Waals surface area contributed by atoms with E-state index >= 15 is 0 Å². The maximum absolute atomic E-state index is 12.0. The number of nitrogens with zero attached hydrogens (tertiary/aromatic N) is 2. The molecular formula is C16H19BrN4O. The molecule has 0 spiro atoms. The van der Waals surface area contributed by atoms with Crippen LogP contribution in [-0.2, 0) is 0 Å². The monoisotopic (exact) mass is 362 g/mol. The van der Waals surface area contributed by atoms with Gasteiger partial charge in [0.15, 0.2) is 0 Å². The number of amides is 1. The molecule has 5 nitrogen and oxygen atoms in total. The Hall–Kier alpha value is -1.95. The lowest BCUT2D eigenvalue weighted by Crippen LogP contribution is -2.40. The van der Waals surface area contributed by atoms with Gasteiger partial charge in [-0.25, -0.2) is 9.97 Å². The fraction of sp³-hybridized carbons (Fsp3) is 0.312. The van der Waals surface area contributed by atoms with Gasteiger partial charge in [-0.1, -0.05) is 15.9 Å². The van der Waals surface area contributed by atoms with E-state index in [4.69, 9.17) is 0 Å². The Morgan fingerprint density at radius 1 is 1.18 bits per heavy atom. The second-order valence-electron chi connectivity index (χ2n) is 6.09. The molecule has 2 rings (SSSR count). The molecule has 0 atom stereocenters. The van der Waals surface area contributed by atoms with Crippen LogP contribution in [0, 0.1) is 6.92 Å². The molecule has 1 aromatic carbocycles. The molecule has 2 aromatic rings. The molecule has 2 N–H and O–H groups in total. The molecule has 22 heavy (non-hydrogen) atoms. The van der Waals surface area contributed by atoms with Gasteiger partial charge in [0, 0.05) is 28.1 Å². The SMILES string of the molecule is Cc1cc(Nc2ncc(C(=O)NC(C)(C)C)cn2)ccc1Br. The van der Waals surface area contributed by atoms with Crippen molar-refractivity contribution >= 4 is 33.5 Å². The van der Waals surface area contributed by atoms with Gasteiger partial charge in [0.25, 0.3) is 5.91 Å². The maximum atomic E-state index is 12.0. The highest BCUT2D eigenvalue weighted by molar-refractivity contribution is 9.10.